The molecule has 1 aliphatic heterocycles. The van der Waals surface area contributed by atoms with Gasteiger partial charge in [0, 0.05) is 12.6 Å². The first-order valence-corrected chi connectivity index (χ1v) is 8.00. The van der Waals surface area contributed by atoms with Crippen molar-refractivity contribution < 1.29 is 4.74 Å². The van der Waals surface area contributed by atoms with E-state index >= 15 is 0 Å². The number of hydrogen-bond donors (Lipinski definition) is 1. The molecule has 1 N–H and O–H groups in total. The van der Waals surface area contributed by atoms with Crippen LogP contribution in [-0.4, -0.2) is 24.8 Å². The first kappa shape index (κ1) is 14.3. The van der Waals surface area contributed by atoms with E-state index in [2.05, 4.69) is 26.1 Å². The first-order valence-electron chi connectivity index (χ1n) is 8.00. The van der Waals surface area contributed by atoms with Crippen LogP contribution in [0.2, 0.25) is 0 Å². The maximum absolute atomic E-state index is 5.92. The largest absolute Gasteiger partial charge is 0.375 e. The maximum atomic E-state index is 5.92. The zero-order valence-electron chi connectivity index (χ0n) is 12.5. The molecule has 106 valence electrons. The van der Waals surface area contributed by atoms with Crippen LogP contribution in [0, 0.1) is 11.8 Å². The van der Waals surface area contributed by atoms with E-state index in [0.29, 0.717) is 6.04 Å². The summed E-state index contributed by atoms with van der Waals surface area (Å²) in [4.78, 5) is 0. The highest BCUT2D eigenvalue weighted by molar-refractivity contribution is 4.86. The highest BCUT2D eigenvalue weighted by atomic mass is 16.5. The molecular weight excluding hydrogens is 222 g/mol. The molecule has 2 rings (SSSR count). The van der Waals surface area contributed by atoms with Crippen LogP contribution < -0.4 is 5.32 Å². The molecule has 18 heavy (non-hydrogen) atoms. The van der Waals surface area contributed by atoms with E-state index in [9.17, 15) is 0 Å². The Bertz CT molecular complexity index is 255. The van der Waals surface area contributed by atoms with E-state index in [1.807, 2.05) is 0 Å². The lowest BCUT2D eigenvalue weighted by Crippen LogP contribution is -2.46. The van der Waals surface area contributed by atoms with Gasteiger partial charge >= 0.3 is 0 Å². The van der Waals surface area contributed by atoms with Crippen LogP contribution in [0.15, 0.2) is 0 Å². The van der Waals surface area contributed by atoms with E-state index in [4.69, 9.17) is 4.74 Å². The Kier molecular flexibility index (Phi) is 5.08. The van der Waals surface area contributed by atoms with Crippen LogP contribution in [0.3, 0.4) is 0 Å². The predicted molar refractivity (Wildman–Crippen MR) is 76.8 cm³/mol. The van der Waals surface area contributed by atoms with Crippen molar-refractivity contribution in [3.05, 3.63) is 0 Å². The van der Waals surface area contributed by atoms with Gasteiger partial charge in [-0.2, -0.15) is 0 Å². The highest BCUT2D eigenvalue weighted by Crippen LogP contribution is 2.31. The summed E-state index contributed by atoms with van der Waals surface area (Å²) in [5, 5.41) is 3.83. The minimum absolute atomic E-state index is 0.119. The Balaban J connectivity index is 1.75. The monoisotopic (exact) mass is 253 g/mol. The highest BCUT2D eigenvalue weighted by Gasteiger charge is 2.32. The fraction of sp³-hybridized carbons (Fsp3) is 1.00. The summed E-state index contributed by atoms with van der Waals surface area (Å²) >= 11 is 0. The molecule has 2 heteroatoms. The number of ether oxygens (including phenoxy) is 1. The van der Waals surface area contributed by atoms with E-state index in [1.54, 1.807) is 0 Å². The molecule has 2 fully saturated rings. The van der Waals surface area contributed by atoms with Gasteiger partial charge in [0.05, 0.1) is 5.60 Å². The van der Waals surface area contributed by atoms with Gasteiger partial charge in [-0.25, -0.2) is 0 Å². The Morgan fingerprint density at radius 1 is 1.22 bits per heavy atom. The van der Waals surface area contributed by atoms with E-state index in [-0.39, 0.29) is 5.60 Å². The maximum Gasteiger partial charge on any atom is 0.0666 e. The van der Waals surface area contributed by atoms with Crippen molar-refractivity contribution in [1.82, 2.24) is 5.32 Å². The second-order valence-electron chi connectivity index (χ2n) is 6.77. The van der Waals surface area contributed by atoms with Crippen molar-refractivity contribution in [3.63, 3.8) is 0 Å². The van der Waals surface area contributed by atoms with Gasteiger partial charge in [-0.1, -0.05) is 33.1 Å². The summed E-state index contributed by atoms with van der Waals surface area (Å²) in [7, 11) is 0. The van der Waals surface area contributed by atoms with Crippen molar-refractivity contribution >= 4 is 0 Å². The Morgan fingerprint density at radius 2 is 2.00 bits per heavy atom. The Hall–Kier alpha value is -0.0800. The summed E-state index contributed by atoms with van der Waals surface area (Å²) in [6.07, 6.45) is 9.27. The normalized spacial score (nSPS) is 41.8. The molecule has 0 amide bonds. The third-order valence-corrected chi connectivity index (χ3v) is 5.30. The molecule has 0 aromatic carbocycles. The third-order valence-electron chi connectivity index (χ3n) is 5.30. The van der Waals surface area contributed by atoms with Gasteiger partial charge in [0.1, 0.15) is 0 Å². The molecule has 2 aliphatic rings. The third kappa shape index (κ3) is 3.71. The van der Waals surface area contributed by atoms with Crippen LogP contribution in [0.5, 0.6) is 0 Å². The lowest BCUT2D eigenvalue weighted by atomic mass is 9.80. The second-order valence-corrected chi connectivity index (χ2v) is 6.77. The fourth-order valence-corrected chi connectivity index (χ4v) is 3.56. The number of nitrogens with one attached hydrogen (secondary N) is 1. The van der Waals surface area contributed by atoms with Gasteiger partial charge < -0.3 is 10.1 Å². The summed E-state index contributed by atoms with van der Waals surface area (Å²) < 4.78 is 5.92. The Labute approximate surface area is 113 Å². The second kappa shape index (κ2) is 6.38. The molecule has 4 atom stereocenters. The molecule has 0 radical (unpaired) electrons. The molecule has 1 aliphatic carbocycles. The van der Waals surface area contributed by atoms with Crippen LogP contribution in [0.1, 0.15) is 65.7 Å². The molecule has 0 aromatic rings. The summed E-state index contributed by atoms with van der Waals surface area (Å²) in [5.41, 5.74) is 0.119. The van der Waals surface area contributed by atoms with E-state index < -0.39 is 0 Å². The van der Waals surface area contributed by atoms with E-state index in [1.165, 1.54) is 45.1 Å². The minimum atomic E-state index is 0.119. The van der Waals surface area contributed by atoms with Crippen molar-refractivity contribution in [3.8, 4) is 0 Å². The van der Waals surface area contributed by atoms with Crippen molar-refractivity contribution in [1.29, 1.82) is 0 Å². The fourth-order valence-electron chi connectivity index (χ4n) is 3.56. The van der Waals surface area contributed by atoms with Gasteiger partial charge in [0.15, 0.2) is 0 Å². The SMILES string of the molecule is CCC1(C)CC(NCC2CCCCC2C)CCO1. The zero-order chi connectivity index (χ0) is 13.0. The van der Waals surface area contributed by atoms with Crippen LogP contribution >= 0.6 is 0 Å². The van der Waals surface area contributed by atoms with E-state index in [0.717, 1.165) is 24.9 Å². The number of hydrogen-bond acceptors (Lipinski definition) is 2. The average Bonchev–Trinajstić information content (AvgIpc) is 2.38. The predicted octanol–water partition coefficient (Wildman–Crippen LogP) is 3.75. The quantitative estimate of drug-likeness (QED) is 0.824. The molecule has 0 bridgehead atoms. The Morgan fingerprint density at radius 3 is 2.72 bits per heavy atom. The smallest absolute Gasteiger partial charge is 0.0666 e. The number of rotatable bonds is 4. The summed E-state index contributed by atoms with van der Waals surface area (Å²) in [6, 6.07) is 0.679. The molecule has 1 saturated carbocycles. The molecule has 0 aromatic heterocycles. The minimum Gasteiger partial charge on any atom is -0.375 e. The topological polar surface area (TPSA) is 21.3 Å². The lowest BCUT2D eigenvalue weighted by molar-refractivity contribution is -0.0784. The molecule has 1 heterocycles. The van der Waals surface area contributed by atoms with Gasteiger partial charge in [0.25, 0.3) is 0 Å². The summed E-state index contributed by atoms with van der Waals surface area (Å²) in [5.74, 6) is 1.83. The van der Waals surface area contributed by atoms with Gasteiger partial charge in [-0.15, -0.1) is 0 Å². The average molecular weight is 253 g/mol. The van der Waals surface area contributed by atoms with Gasteiger partial charge in [-0.3, -0.25) is 0 Å². The van der Waals surface area contributed by atoms with Crippen molar-refractivity contribution in [2.24, 2.45) is 11.8 Å². The molecule has 0 spiro atoms. The lowest BCUT2D eigenvalue weighted by Gasteiger charge is -2.39. The van der Waals surface area contributed by atoms with Crippen molar-refractivity contribution in [2.75, 3.05) is 13.2 Å². The molecule has 4 unspecified atom stereocenters. The molecule has 2 nitrogen and oxygen atoms in total. The zero-order valence-corrected chi connectivity index (χ0v) is 12.5. The van der Waals surface area contributed by atoms with Crippen LogP contribution in [0.25, 0.3) is 0 Å². The first-order chi connectivity index (χ1) is 8.63. The van der Waals surface area contributed by atoms with Gasteiger partial charge in [0.2, 0.25) is 0 Å². The molecular formula is C16H31NO. The molecule has 1 saturated heterocycles. The van der Waals surface area contributed by atoms with Crippen molar-refractivity contribution in [2.45, 2.75) is 77.4 Å². The van der Waals surface area contributed by atoms with Crippen LogP contribution in [-0.2, 0) is 4.74 Å². The van der Waals surface area contributed by atoms with Gasteiger partial charge in [-0.05, 0) is 51.0 Å². The van der Waals surface area contributed by atoms with Crippen LogP contribution in [0.4, 0.5) is 0 Å². The summed E-state index contributed by atoms with van der Waals surface area (Å²) in [6.45, 7) is 9.11. The standard InChI is InChI=1S/C16H31NO/c1-4-16(3)11-15(9-10-18-16)17-12-14-8-6-5-7-13(14)2/h13-15,17H,4-12H2,1-3H3.